The Kier molecular flexibility index (Phi) is 7.38. The molecule has 142 valence electrons. The molecule has 1 heterocycles. The molecule has 1 amide bonds. The molecule has 0 aromatic carbocycles. The van der Waals surface area contributed by atoms with Crippen LogP contribution in [0.1, 0.15) is 83.5 Å². The fourth-order valence-corrected chi connectivity index (χ4v) is 5.27. The molecule has 2 saturated carbocycles. The Morgan fingerprint density at radius 3 is 2.52 bits per heavy atom. The van der Waals surface area contributed by atoms with Gasteiger partial charge in [-0.2, -0.15) is 0 Å². The molecule has 0 radical (unpaired) electrons. The van der Waals surface area contributed by atoms with Gasteiger partial charge in [0.15, 0.2) is 5.11 Å². The highest BCUT2D eigenvalue weighted by molar-refractivity contribution is 7.80. The Bertz CT molecular complexity index is 448. The minimum Gasteiger partial charge on any atom is -0.363 e. The predicted octanol–water partition coefficient (Wildman–Crippen LogP) is 3.74. The van der Waals surface area contributed by atoms with E-state index < -0.39 is 0 Å². The van der Waals surface area contributed by atoms with Gasteiger partial charge in [-0.25, -0.2) is 0 Å². The second-order valence-electron chi connectivity index (χ2n) is 8.18. The number of carbonyl (C=O) groups is 1. The predicted molar refractivity (Wildman–Crippen MR) is 107 cm³/mol. The van der Waals surface area contributed by atoms with Gasteiger partial charge >= 0.3 is 0 Å². The molecule has 1 saturated heterocycles. The van der Waals surface area contributed by atoms with Crippen molar-refractivity contribution < 1.29 is 4.79 Å². The first-order chi connectivity index (χ1) is 12.2. The summed E-state index contributed by atoms with van der Waals surface area (Å²) < 4.78 is 0. The first-order valence-electron chi connectivity index (χ1n) is 10.6. The van der Waals surface area contributed by atoms with Gasteiger partial charge in [0.25, 0.3) is 0 Å². The second kappa shape index (κ2) is 9.75. The first kappa shape index (κ1) is 18.9. The molecule has 2 atom stereocenters. The molecular formula is C20H35N3OS. The number of carbonyl (C=O) groups excluding carboxylic acids is 1. The van der Waals surface area contributed by atoms with Crippen LogP contribution in [-0.2, 0) is 4.79 Å². The largest absolute Gasteiger partial charge is 0.363 e. The van der Waals surface area contributed by atoms with Crippen LogP contribution in [0.2, 0.25) is 0 Å². The lowest BCUT2D eigenvalue weighted by Crippen LogP contribution is -2.49. The number of nitrogens with zero attached hydrogens (tertiary/aromatic N) is 1. The molecule has 2 aliphatic carbocycles. The van der Waals surface area contributed by atoms with Crippen molar-refractivity contribution in [1.29, 1.82) is 0 Å². The standard InChI is InChI=1S/C20H35N3OS/c24-19(23-15-7-9-16-8-4-5-12-18(16)23)13-6-14-21-20(25)22-17-10-2-1-3-11-17/h16-18H,1-15H2,(H2,21,22,25). The normalized spacial score (nSPS) is 27.4. The van der Waals surface area contributed by atoms with Crippen molar-refractivity contribution in [1.82, 2.24) is 15.5 Å². The van der Waals surface area contributed by atoms with E-state index in [1.54, 1.807) is 0 Å². The Balaban J connectivity index is 1.32. The molecule has 1 aliphatic heterocycles. The van der Waals surface area contributed by atoms with Gasteiger partial charge in [-0.15, -0.1) is 0 Å². The highest BCUT2D eigenvalue weighted by atomic mass is 32.1. The summed E-state index contributed by atoms with van der Waals surface area (Å²) in [5, 5.41) is 7.49. The summed E-state index contributed by atoms with van der Waals surface area (Å²) in [5.74, 6) is 1.14. The number of rotatable bonds is 5. The van der Waals surface area contributed by atoms with Gasteiger partial charge in [-0.3, -0.25) is 4.79 Å². The van der Waals surface area contributed by atoms with E-state index in [1.165, 1.54) is 70.6 Å². The van der Waals surface area contributed by atoms with Crippen molar-refractivity contribution in [3.63, 3.8) is 0 Å². The fourth-order valence-electron chi connectivity index (χ4n) is 5.00. The maximum absolute atomic E-state index is 12.7. The Morgan fingerprint density at radius 2 is 1.68 bits per heavy atom. The number of likely N-dealkylation sites (tertiary alicyclic amines) is 1. The summed E-state index contributed by atoms with van der Waals surface area (Å²) in [6.45, 7) is 1.78. The zero-order valence-electron chi connectivity index (χ0n) is 15.6. The van der Waals surface area contributed by atoms with Gasteiger partial charge in [-0.05, 0) is 63.1 Å². The second-order valence-corrected chi connectivity index (χ2v) is 8.59. The number of piperidine rings is 1. The van der Waals surface area contributed by atoms with E-state index in [0.29, 0.717) is 24.4 Å². The van der Waals surface area contributed by atoms with Gasteiger partial charge in [-0.1, -0.05) is 32.1 Å². The maximum atomic E-state index is 12.7. The number of amides is 1. The van der Waals surface area contributed by atoms with Crippen LogP contribution in [0.5, 0.6) is 0 Å². The minimum atomic E-state index is 0.365. The highest BCUT2D eigenvalue weighted by Gasteiger charge is 2.35. The lowest BCUT2D eigenvalue weighted by Gasteiger charge is -2.44. The molecule has 3 fully saturated rings. The van der Waals surface area contributed by atoms with E-state index in [1.807, 2.05) is 0 Å². The van der Waals surface area contributed by atoms with E-state index in [-0.39, 0.29) is 0 Å². The molecule has 3 aliphatic rings. The fraction of sp³-hybridized carbons (Fsp3) is 0.900. The molecule has 2 N–H and O–H groups in total. The third-order valence-corrected chi connectivity index (χ3v) is 6.62. The number of fused-ring (bicyclic) bond motifs is 1. The number of thiocarbonyl (C=S) groups is 1. The Labute approximate surface area is 158 Å². The summed E-state index contributed by atoms with van der Waals surface area (Å²) in [6.07, 6.45) is 15.7. The molecule has 0 aromatic heterocycles. The van der Waals surface area contributed by atoms with Crippen molar-refractivity contribution >= 4 is 23.2 Å². The molecular weight excluding hydrogens is 330 g/mol. The average Bonchev–Trinajstić information content (AvgIpc) is 2.65. The molecule has 5 heteroatoms. The molecule has 25 heavy (non-hydrogen) atoms. The van der Waals surface area contributed by atoms with Crippen LogP contribution in [0.15, 0.2) is 0 Å². The number of hydrogen-bond acceptors (Lipinski definition) is 2. The van der Waals surface area contributed by atoms with Crippen molar-refractivity contribution in [3.05, 3.63) is 0 Å². The number of hydrogen-bond donors (Lipinski definition) is 2. The molecule has 3 rings (SSSR count). The van der Waals surface area contributed by atoms with Crippen LogP contribution in [0.25, 0.3) is 0 Å². The van der Waals surface area contributed by atoms with Crippen LogP contribution in [0.3, 0.4) is 0 Å². The average molecular weight is 366 g/mol. The molecule has 0 bridgehead atoms. The highest BCUT2D eigenvalue weighted by Crippen LogP contribution is 2.35. The van der Waals surface area contributed by atoms with Gasteiger partial charge in [0.2, 0.25) is 5.91 Å². The van der Waals surface area contributed by atoms with Crippen molar-refractivity contribution in [2.75, 3.05) is 13.1 Å². The minimum absolute atomic E-state index is 0.365. The summed E-state index contributed by atoms with van der Waals surface area (Å²) in [6, 6.07) is 1.09. The number of nitrogens with one attached hydrogen (secondary N) is 2. The van der Waals surface area contributed by atoms with E-state index in [9.17, 15) is 4.79 Å². The van der Waals surface area contributed by atoms with Crippen LogP contribution >= 0.6 is 12.2 Å². The quantitative estimate of drug-likeness (QED) is 0.575. The summed E-state index contributed by atoms with van der Waals surface area (Å²) in [4.78, 5) is 14.9. The van der Waals surface area contributed by atoms with Crippen LogP contribution in [-0.4, -0.2) is 41.1 Å². The van der Waals surface area contributed by atoms with Gasteiger partial charge in [0, 0.05) is 31.6 Å². The van der Waals surface area contributed by atoms with E-state index in [2.05, 4.69) is 15.5 Å². The lowest BCUT2D eigenvalue weighted by molar-refractivity contribution is -0.137. The van der Waals surface area contributed by atoms with E-state index in [4.69, 9.17) is 12.2 Å². The Morgan fingerprint density at radius 1 is 0.960 bits per heavy atom. The third-order valence-electron chi connectivity index (χ3n) is 6.36. The topological polar surface area (TPSA) is 44.4 Å². The van der Waals surface area contributed by atoms with Crippen molar-refractivity contribution in [3.8, 4) is 0 Å². The zero-order valence-corrected chi connectivity index (χ0v) is 16.4. The smallest absolute Gasteiger partial charge is 0.222 e. The van der Waals surface area contributed by atoms with Crippen LogP contribution < -0.4 is 10.6 Å². The van der Waals surface area contributed by atoms with Gasteiger partial charge < -0.3 is 15.5 Å². The monoisotopic (exact) mass is 365 g/mol. The van der Waals surface area contributed by atoms with E-state index >= 15 is 0 Å². The SMILES string of the molecule is O=C(CCCNC(=S)NC1CCCCC1)N1CCCC2CCCCC21. The summed E-state index contributed by atoms with van der Waals surface area (Å²) in [5.41, 5.74) is 0. The van der Waals surface area contributed by atoms with Crippen molar-refractivity contribution in [2.24, 2.45) is 5.92 Å². The summed E-state index contributed by atoms with van der Waals surface area (Å²) >= 11 is 5.40. The summed E-state index contributed by atoms with van der Waals surface area (Å²) in [7, 11) is 0. The molecule has 0 spiro atoms. The first-order valence-corrected chi connectivity index (χ1v) is 11.0. The third kappa shape index (κ3) is 5.57. The van der Waals surface area contributed by atoms with Crippen LogP contribution in [0, 0.1) is 5.92 Å². The van der Waals surface area contributed by atoms with Gasteiger partial charge in [0.05, 0.1) is 0 Å². The van der Waals surface area contributed by atoms with Crippen LogP contribution in [0.4, 0.5) is 0 Å². The Hall–Kier alpha value is -0.840. The zero-order chi connectivity index (χ0) is 17.5. The van der Waals surface area contributed by atoms with E-state index in [0.717, 1.165) is 30.5 Å². The maximum Gasteiger partial charge on any atom is 0.222 e. The van der Waals surface area contributed by atoms with Gasteiger partial charge in [0.1, 0.15) is 0 Å². The van der Waals surface area contributed by atoms with Crippen molar-refractivity contribution in [2.45, 2.75) is 95.6 Å². The molecule has 0 aromatic rings. The molecule has 4 nitrogen and oxygen atoms in total. The lowest BCUT2D eigenvalue weighted by atomic mass is 9.78. The molecule has 2 unspecified atom stereocenters.